The first kappa shape index (κ1) is 30.2. The zero-order valence-electron chi connectivity index (χ0n) is 22.8. The molecule has 0 aliphatic carbocycles. The minimum absolute atomic E-state index is 0.0383. The van der Waals surface area contributed by atoms with Gasteiger partial charge in [0.25, 0.3) is 0 Å². The van der Waals surface area contributed by atoms with Crippen LogP contribution in [0.25, 0.3) is 0 Å². The Morgan fingerprint density at radius 1 is 0.923 bits per heavy atom. The number of carbonyl (C=O) groups is 2. The minimum Gasteiger partial charge on any atom is -0.354 e. The van der Waals surface area contributed by atoms with Crippen LogP contribution in [-0.4, -0.2) is 50.5 Å². The maximum absolute atomic E-state index is 14.0. The second-order valence-electron chi connectivity index (χ2n) is 10.1. The number of aryl methyl sites for hydroxylation is 1. The lowest BCUT2D eigenvalue weighted by Gasteiger charge is -2.34. The Bertz CT molecular complexity index is 1360. The molecule has 2 amide bonds. The van der Waals surface area contributed by atoms with Gasteiger partial charge in [-0.25, -0.2) is 8.42 Å². The fraction of sp³-hybridized carbons (Fsp3) is 0.333. The van der Waals surface area contributed by atoms with Crippen LogP contribution in [0.4, 0.5) is 5.69 Å². The van der Waals surface area contributed by atoms with Crippen LogP contribution < -0.4 is 9.62 Å². The van der Waals surface area contributed by atoms with Gasteiger partial charge in [-0.1, -0.05) is 91.7 Å². The average molecular weight is 570 g/mol. The van der Waals surface area contributed by atoms with E-state index in [0.29, 0.717) is 22.8 Å². The van der Waals surface area contributed by atoms with Crippen LogP contribution in [0.1, 0.15) is 30.5 Å². The SMILES string of the molecule is Cc1ccc(N(CC(=O)N(Cc2ccccc2Cl)C(Cc2ccccc2)C(=O)NCC(C)C)S(C)(=O)=O)cc1. The number of hydrogen-bond donors (Lipinski definition) is 1. The van der Waals surface area contributed by atoms with E-state index < -0.39 is 28.5 Å². The summed E-state index contributed by atoms with van der Waals surface area (Å²) in [6, 6.07) is 22.6. The number of hydrogen-bond acceptors (Lipinski definition) is 4. The Morgan fingerprint density at radius 3 is 2.13 bits per heavy atom. The minimum atomic E-state index is -3.81. The lowest BCUT2D eigenvalue weighted by atomic mass is 10.0. The largest absolute Gasteiger partial charge is 0.354 e. The van der Waals surface area contributed by atoms with Gasteiger partial charge in [0.1, 0.15) is 12.6 Å². The van der Waals surface area contributed by atoms with Crippen molar-refractivity contribution in [1.82, 2.24) is 10.2 Å². The predicted octanol–water partition coefficient (Wildman–Crippen LogP) is 4.83. The highest BCUT2D eigenvalue weighted by Gasteiger charge is 2.33. The van der Waals surface area contributed by atoms with Gasteiger partial charge in [0.15, 0.2) is 0 Å². The van der Waals surface area contributed by atoms with E-state index in [1.165, 1.54) is 4.90 Å². The Labute approximate surface area is 236 Å². The molecule has 1 unspecified atom stereocenters. The molecule has 0 aromatic heterocycles. The average Bonchev–Trinajstić information content (AvgIpc) is 2.89. The molecule has 208 valence electrons. The molecule has 9 heteroatoms. The number of amides is 2. The Morgan fingerprint density at radius 2 is 1.54 bits per heavy atom. The summed E-state index contributed by atoms with van der Waals surface area (Å²) in [6.45, 7) is 5.90. The van der Waals surface area contributed by atoms with Crippen molar-refractivity contribution in [2.24, 2.45) is 5.92 Å². The molecule has 3 rings (SSSR count). The van der Waals surface area contributed by atoms with E-state index in [0.717, 1.165) is 21.7 Å². The predicted molar refractivity (Wildman–Crippen MR) is 157 cm³/mol. The van der Waals surface area contributed by atoms with Crippen LogP contribution in [0.2, 0.25) is 5.02 Å². The number of carbonyl (C=O) groups excluding carboxylic acids is 2. The van der Waals surface area contributed by atoms with Crippen LogP contribution in [0, 0.1) is 12.8 Å². The van der Waals surface area contributed by atoms with Gasteiger partial charge < -0.3 is 10.2 Å². The first-order valence-electron chi connectivity index (χ1n) is 12.8. The van der Waals surface area contributed by atoms with Crippen LogP contribution >= 0.6 is 11.6 Å². The third-order valence-electron chi connectivity index (χ3n) is 6.26. The molecule has 1 atom stereocenters. The van der Waals surface area contributed by atoms with E-state index in [2.05, 4.69) is 5.32 Å². The van der Waals surface area contributed by atoms with E-state index in [9.17, 15) is 18.0 Å². The highest BCUT2D eigenvalue weighted by molar-refractivity contribution is 7.92. The molecule has 0 aliphatic rings. The number of nitrogens with one attached hydrogen (secondary N) is 1. The standard InChI is InChI=1S/C30H36ClN3O4S/c1-22(2)19-32-30(36)28(18-24-10-6-5-7-11-24)33(20-25-12-8-9-13-27(25)31)29(35)21-34(39(4,37)38)26-16-14-23(3)15-17-26/h5-17,22,28H,18-21H2,1-4H3,(H,32,36). The fourth-order valence-corrected chi connectivity index (χ4v) is 5.16. The van der Waals surface area contributed by atoms with Gasteiger partial charge in [0.05, 0.1) is 11.9 Å². The smallest absolute Gasteiger partial charge is 0.244 e. The lowest BCUT2D eigenvalue weighted by Crippen LogP contribution is -2.53. The van der Waals surface area contributed by atoms with Crippen molar-refractivity contribution in [2.45, 2.75) is 39.8 Å². The van der Waals surface area contributed by atoms with Crippen molar-refractivity contribution in [2.75, 3.05) is 23.7 Å². The van der Waals surface area contributed by atoms with Gasteiger partial charge in [-0.3, -0.25) is 13.9 Å². The maximum Gasteiger partial charge on any atom is 0.244 e. The van der Waals surface area contributed by atoms with Gasteiger partial charge >= 0.3 is 0 Å². The highest BCUT2D eigenvalue weighted by atomic mass is 35.5. The third-order valence-corrected chi connectivity index (χ3v) is 7.76. The second-order valence-corrected chi connectivity index (χ2v) is 12.4. The van der Waals surface area contributed by atoms with Crippen LogP contribution in [-0.2, 0) is 32.6 Å². The van der Waals surface area contributed by atoms with Crippen molar-refractivity contribution >= 4 is 39.1 Å². The summed E-state index contributed by atoms with van der Waals surface area (Å²) in [5, 5.41) is 3.42. The van der Waals surface area contributed by atoms with Crippen LogP contribution in [0.5, 0.6) is 0 Å². The zero-order valence-corrected chi connectivity index (χ0v) is 24.4. The molecule has 3 aromatic carbocycles. The molecule has 0 saturated carbocycles. The Kier molecular flexibility index (Phi) is 10.5. The number of rotatable bonds is 12. The zero-order chi connectivity index (χ0) is 28.6. The monoisotopic (exact) mass is 569 g/mol. The molecule has 0 saturated heterocycles. The molecule has 39 heavy (non-hydrogen) atoms. The number of benzene rings is 3. The van der Waals surface area contributed by atoms with Crippen molar-refractivity contribution in [1.29, 1.82) is 0 Å². The summed E-state index contributed by atoms with van der Waals surface area (Å²) >= 11 is 6.46. The van der Waals surface area contributed by atoms with Gasteiger partial charge in [0.2, 0.25) is 21.8 Å². The summed E-state index contributed by atoms with van der Waals surface area (Å²) in [4.78, 5) is 29.1. The van der Waals surface area contributed by atoms with E-state index in [1.807, 2.05) is 57.2 Å². The van der Waals surface area contributed by atoms with E-state index in [-0.39, 0.29) is 24.8 Å². The molecule has 1 N–H and O–H groups in total. The number of sulfonamides is 1. The molecule has 7 nitrogen and oxygen atoms in total. The quantitative estimate of drug-likeness (QED) is 0.338. The summed E-state index contributed by atoms with van der Waals surface area (Å²) in [5.74, 6) is -0.614. The van der Waals surface area contributed by atoms with E-state index in [4.69, 9.17) is 11.6 Å². The summed E-state index contributed by atoms with van der Waals surface area (Å²) in [6.07, 6.45) is 1.32. The Balaban J connectivity index is 2.05. The molecule has 0 bridgehead atoms. The molecule has 0 spiro atoms. The first-order valence-corrected chi connectivity index (χ1v) is 15.1. The molecule has 3 aromatic rings. The Hall–Kier alpha value is -3.36. The van der Waals surface area contributed by atoms with Gasteiger partial charge in [-0.15, -0.1) is 0 Å². The maximum atomic E-state index is 14.0. The first-order chi connectivity index (χ1) is 18.5. The highest BCUT2D eigenvalue weighted by Crippen LogP contribution is 2.23. The van der Waals surface area contributed by atoms with E-state index in [1.54, 1.807) is 42.5 Å². The summed E-state index contributed by atoms with van der Waals surface area (Å²) in [5.41, 5.74) is 2.86. The fourth-order valence-electron chi connectivity index (χ4n) is 4.11. The van der Waals surface area contributed by atoms with Gasteiger partial charge in [0, 0.05) is 24.5 Å². The number of anilines is 1. The van der Waals surface area contributed by atoms with Crippen LogP contribution in [0.3, 0.4) is 0 Å². The number of halogens is 1. The molecule has 0 radical (unpaired) electrons. The van der Waals surface area contributed by atoms with Gasteiger partial charge in [-0.05, 0) is 42.2 Å². The normalized spacial score (nSPS) is 12.2. The lowest BCUT2D eigenvalue weighted by molar-refractivity contribution is -0.140. The topological polar surface area (TPSA) is 86.8 Å². The molecule has 0 heterocycles. The van der Waals surface area contributed by atoms with E-state index >= 15 is 0 Å². The summed E-state index contributed by atoms with van der Waals surface area (Å²) < 4.78 is 26.7. The van der Waals surface area contributed by atoms with Crippen molar-refractivity contribution in [3.63, 3.8) is 0 Å². The van der Waals surface area contributed by atoms with Crippen molar-refractivity contribution in [3.05, 3.63) is 101 Å². The number of nitrogens with zero attached hydrogens (tertiary/aromatic N) is 2. The third kappa shape index (κ3) is 8.83. The van der Waals surface area contributed by atoms with Gasteiger partial charge in [-0.2, -0.15) is 0 Å². The summed E-state index contributed by atoms with van der Waals surface area (Å²) in [7, 11) is -3.81. The second kappa shape index (κ2) is 13.6. The molecular formula is C30H36ClN3O4S. The molecule has 0 fully saturated rings. The van der Waals surface area contributed by atoms with Crippen molar-refractivity contribution < 1.29 is 18.0 Å². The van der Waals surface area contributed by atoms with Crippen molar-refractivity contribution in [3.8, 4) is 0 Å². The molecular weight excluding hydrogens is 534 g/mol. The molecule has 0 aliphatic heterocycles. The van der Waals surface area contributed by atoms with Crippen LogP contribution in [0.15, 0.2) is 78.9 Å².